The highest BCUT2D eigenvalue weighted by Gasteiger charge is 2.15. The van der Waals surface area contributed by atoms with Gasteiger partial charge in [0.25, 0.3) is 5.91 Å². The van der Waals surface area contributed by atoms with Crippen LogP contribution in [0.5, 0.6) is 0 Å². The van der Waals surface area contributed by atoms with E-state index in [0.717, 1.165) is 17.7 Å². The van der Waals surface area contributed by atoms with Crippen LogP contribution in [0.3, 0.4) is 0 Å². The van der Waals surface area contributed by atoms with Crippen LogP contribution >= 0.6 is 0 Å². The Morgan fingerprint density at radius 1 is 1.29 bits per heavy atom. The van der Waals surface area contributed by atoms with Crippen LogP contribution in [0.4, 0.5) is 13.2 Å². The maximum atomic E-state index is 13.9. The minimum absolute atomic E-state index is 0.0697. The lowest BCUT2D eigenvalue weighted by Crippen LogP contribution is -2.24. The third-order valence-corrected chi connectivity index (χ3v) is 4.02. The minimum Gasteiger partial charge on any atom is -0.370 e. The fourth-order valence-corrected chi connectivity index (χ4v) is 2.69. The number of nitrogens with zero attached hydrogens (tertiary/aromatic N) is 1. The molecule has 1 aromatic rings. The maximum absolute atomic E-state index is 13.9. The molecule has 0 bridgehead atoms. The van der Waals surface area contributed by atoms with Crippen LogP contribution in [-0.4, -0.2) is 18.0 Å². The van der Waals surface area contributed by atoms with Crippen LogP contribution < -0.4 is 11.5 Å². The third kappa shape index (κ3) is 5.57. The number of guanidine groups is 1. The molecule has 4 nitrogen and oxygen atoms in total. The van der Waals surface area contributed by atoms with Crippen molar-refractivity contribution in [2.45, 2.75) is 19.5 Å². The number of aliphatic imine (C=N–C) groups is 1. The van der Waals surface area contributed by atoms with Gasteiger partial charge in [0.2, 0.25) is 0 Å². The summed E-state index contributed by atoms with van der Waals surface area (Å²) in [5.74, 6) is -2.50. The van der Waals surface area contributed by atoms with Crippen molar-refractivity contribution in [3.63, 3.8) is 0 Å². The molecule has 0 aliphatic heterocycles. The number of amides is 1. The molecule has 0 heterocycles. The van der Waals surface area contributed by atoms with Gasteiger partial charge in [-0.15, -0.1) is 0 Å². The number of allylic oxidation sites excluding steroid dienone is 6. The zero-order valence-corrected chi connectivity index (χ0v) is 15.3. The highest BCUT2D eigenvalue weighted by molar-refractivity contribution is 6.03. The van der Waals surface area contributed by atoms with Crippen LogP contribution in [-0.2, 0) is 4.79 Å². The van der Waals surface area contributed by atoms with E-state index in [1.54, 1.807) is 31.2 Å². The van der Waals surface area contributed by atoms with Gasteiger partial charge in [-0.3, -0.25) is 4.79 Å². The molecule has 7 heteroatoms. The quantitative estimate of drug-likeness (QED) is 0.352. The summed E-state index contributed by atoms with van der Waals surface area (Å²) in [4.78, 5) is 15.1. The van der Waals surface area contributed by atoms with Crippen molar-refractivity contribution < 1.29 is 18.0 Å². The predicted molar refractivity (Wildman–Crippen MR) is 106 cm³/mol. The van der Waals surface area contributed by atoms with Crippen molar-refractivity contribution in [3.8, 4) is 0 Å². The van der Waals surface area contributed by atoms with Crippen LogP contribution in [0, 0.1) is 6.92 Å². The van der Waals surface area contributed by atoms with E-state index in [2.05, 4.69) is 11.6 Å². The smallest absolute Gasteiger partial charge is 0.279 e. The summed E-state index contributed by atoms with van der Waals surface area (Å²) in [6.45, 7) is 5.37. The molecule has 0 saturated heterocycles. The number of hydrogen-bond donors (Lipinski definition) is 2. The molecule has 0 saturated carbocycles. The molecule has 1 aromatic carbocycles. The molecule has 1 unspecified atom stereocenters. The standard InChI is InChI=1S/C21H20F3N3O/c1-12(20(28)27-21(25)26)6-7-14-4-3-5-19(13(14)2)15-8-16(22)10-18(24)11-17(23)9-15/h3-8,10-11,18H,1,9H2,2H3,(H4,25,26,27,28)/b7-6-,15-8+,16-10?,17-11+. The SMILES string of the molecule is C=C(/C=C\c1cccc(/C2=C/C(F)=CC(F)/C=C(/F)C2)c1C)C(=O)N=C(N)N. The van der Waals surface area contributed by atoms with E-state index in [1.165, 1.54) is 6.08 Å². The molecule has 1 atom stereocenters. The Kier molecular flexibility index (Phi) is 6.76. The first-order chi connectivity index (χ1) is 13.2. The molecule has 4 N–H and O–H groups in total. The summed E-state index contributed by atoms with van der Waals surface area (Å²) < 4.78 is 41.2. The van der Waals surface area contributed by atoms with Gasteiger partial charge in [0.1, 0.15) is 17.8 Å². The van der Waals surface area contributed by atoms with E-state index in [1.807, 2.05) is 0 Å². The van der Waals surface area contributed by atoms with Gasteiger partial charge in [-0.1, -0.05) is 30.9 Å². The van der Waals surface area contributed by atoms with E-state index < -0.39 is 23.7 Å². The lowest BCUT2D eigenvalue weighted by Gasteiger charge is -2.14. The van der Waals surface area contributed by atoms with Crippen molar-refractivity contribution in [1.29, 1.82) is 0 Å². The Bertz CT molecular complexity index is 952. The molecule has 1 aliphatic carbocycles. The monoisotopic (exact) mass is 387 g/mol. The zero-order chi connectivity index (χ0) is 20.8. The third-order valence-electron chi connectivity index (χ3n) is 4.02. The lowest BCUT2D eigenvalue weighted by atomic mass is 9.92. The van der Waals surface area contributed by atoms with Gasteiger partial charge in [-0.25, -0.2) is 13.2 Å². The first-order valence-electron chi connectivity index (χ1n) is 8.36. The Hall–Kier alpha value is -3.35. The van der Waals surface area contributed by atoms with Gasteiger partial charge in [-0.05, 0) is 53.5 Å². The van der Waals surface area contributed by atoms with Gasteiger partial charge in [-0.2, -0.15) is 4.99 Å². The topological polar surface area (TPSA) is 81.5 Å². The average molecular weight is 387 g/mol. The van der Waals surface area contributed by atoms with E-state index in [0.29, 0.717) is 22.8 Å². The van der Waals surface area contributed by atoms with Crippen molar-refractivity contribution in [3.05, 3.63) is 83.0 Å². The van der Waals surface area contributed by atoms with Crippen LogP contribution in [0.1, 0.15) is 23.1 Å². The largest absolute Gasteiger partial charge is 0.370 e. The fourth-order valence-electron chi connectivity index (χ4n) is 2.69. The summed E-state index contributed by atoms with van der Waals surface area (Å²) in [7, 11) is 0. The number of alkyl halides is 1. The highest BCUT2D eigenvalue weighted by atomic mass is 19.1. The van der Waals surface area contributed by atoms with Crippen molar-refractivity contribution in [1.82, 2.24) is 0 Å². The number of halogens is 3. The van der Waals surface area contributed by atoms with E-state index in [-0.39, 0.29) is 18.0 Å². The molecule has 2 rings (SSSR count). The summed E-state index contributed by atoms with van der Waals surface area (Å²) in [5.41, 5.74) is 12.8. The van der Waals surface area contributed by atoms with Crippen LogP contribution in [0.25, 0.3) is 11.6 Å². The summed E-state index contributed by atoms with van der Waals surface area (Å²) in [5, 5.41) is 0. The molecule has 28 heavy (non-hydrogen) atoms. The summed E-state index contributed by atoms with van der Waals surface area (Å²) in [6.07, 6.45) is 3.61. The fraction of sp³-hybridized carbons (Fsp3) is 0.143. The first kappa shape index (κ1) is 21.0. The summed E-state index contributed by atoms with van der Waals surface area (Å²) in [6, 6.07) is 5.20. The highest BCUT2D eigenvalue weighted by Crippen LogP contribution is 2.31. The second-order valence-electron chi connectivity index (χ2n) is 6.18. The molecule has 0 radical (unpaired) electrons. The maximum Gasteiger partial charge on any atom is 0.279 e. The van der Waals surface area contributed by atoms with Gasteiger partial charge in [0.05, 0.1) is 0 Å². The number of nitrogens with two attached hydrogens (primary N) is 2. The van der Waals surface area contributed by atoms with Gasteiger partial charge in [0.15, 0.2) is 5.96 Å². The Balaban J connectivity index is 2.37. The number of carbonyl (C=O) groups is 1. The van der Waals surface area contributed by atoms with E-state index >= 15 is 0 Å². The molecule has 0 aromatic heterocycles. The Morgan fingerprint density at radius 2 is 2.00 bits per heavy atom. The molecular formula is C21H20F3N3O. The van der Waals surface area contributed by atoms with Gasteiger partial charge < -0.3 is 11.5 Å². The molecule has 0 fully saturated rings. The van der Waals surface area contributed by atoms with E-state index in [4.69, 9.17) is 11.5 Å². The number of carbonyl (C=O) groups excluding carboxylic acids is 1. The second kappa shape index (κ2) is 9.03. The number of benzene rings is 1. The van der Waals surface area contributed by atoms with E-state index in [9.17, 15) is 18.0 Å². The average Bonchev–Trinajstić information content (AvgIpc) is 2.57. The molecular weight excluding hydrogens is 367 g/mol. The second-order valence-corrected chi connectivity index (χ2v) is 6.18. The zero-order valence-electron chi connectivity index (χ0n) is 15.3. The number of rotatable bonds is 4. The van der Waals surface area contributed by atoms with Crippen LogP contribution in [0.2, 0.25) is 0 Å². The van der Waals surface area contributed by atoms with Crippen molar-refractivity contribution in [2.24, 2.45) is 16.5 Å². The van der Waals surface area contributed by atoms with Crippen molar-refractivity contribution in [2.75, 3.05) is 0 Å². The normalized spacial score (nSPS) is 20.9. The number of hydrogen-bond acceptors (Lipinski definition) is 1. The van der Waals surface area contributed by atoms with Crippen molar-refractivity contribution >= 4 is 23.5 Å². The molecule has 1 amide bonds. The minimum atomic E-state index is -1.80. The summed E-state index contributed by atoms with van der Waals surface area (Å²) >= 11 is 0. The molecule has 1 aliphatic rings. The van der Waals surface area contributed by atoms with Gasteiger partial charge in [0, 0.05) is 12.0 Å². The Morgan fingerprint density at radius 3 is 2.68 bits per heavy atom. The van der Waals surface area contributed by atoms with Crippen LogP contribution in [0.15, 0.2) is 71.3 Å². The molecule has 0 spiro atoms. The van der Waals surface area contributed by atoms with Gasteiger partial charge >= 0.3 is 0 Å². The Labute approximate surface area is 161 Å². The predicted octanol–water partition coefficient (Wildman–Crippen LogP) is 4.20. The lowest BCUT2D eigenvalue weighted by molar-refractivity contribution is -0.114. The molecule has 146 valence electrons. The first-order valence-corrected chi connectivity index (χ1v) is 8.36.